The van der Waals surface area contributed by atoms with Crippen LogP contribution in [-0.4, -0.2) is 43.4 Å². The molecule has 1 aromatic rings. The number of rotatable bonds is 6. The summed E-state index contributed by atoms with van der Waals surface area (Å²) in [6, 6.07) is 0. The van der Waals surface area contributed by atoms with Crippen LogP contribution in [0.4, 0.5) is 0 Å². The number of hydrogen-bond donors (Lipinski definition) is 1. The van der Waals surface area contributed by atoms with Gasteiger partial charge in [-0.3, -0.25) is 4.90 Å². The molecule has 0 spiro atoms. The van der Waals surface area contributed by atoms with E-state index in [1.165, 1.54) is 5.01 Å². The minimum absolute atomic E-state index is 0.481. The first kappa shape index (κ1) is 12.0. The predicted molar refractivity (Wildman–Crippen MR) is 64.9 cm³/mol. The summed E-state index contributed by atoms with van der Waals surface area (Å²) in [5.41, 5.74) is 0. The molecule has 1 N–H and O–H groups in total. The summed E-state index contributed by atoms with van der Waals surface area (Å²) in [5, 5.41) is 7.12. The van der Waals surface area contributed by atoms with Gasteiger partial charge in [0.2, 0.25) is 0 Å². The maximum absolute atomic E-state index is 4.33. The summed E-state index contributed by atoms with van der Waals surface area (Å²) in [4.78, 5) is 6.45. The summed E-state index contributed by atoms with van der Waals surface area (Å²) in [6.07, 6.45) is 4.00. The smallest absolute Gasteiger partial charge is 0.107 e. The van der Waals surface area contributed by atoms with Gasteiger partial charge in [0.25, 0.3) is 0 Å². The topological polar surface area (TPSA) is 28.2 Å². The largest absolute Gasteiger partial charge is 0.303 e. The van der Waals surface area contributed by atoms with Crippen LogP contribution in [0.2, 0.25) is 0 Å². The fraction of sp³-hybridized carbons (Fsp3) is 0.667. The molecule has 3 nitrogen and oxygen atoms in total. The van der Waals surface area contributed by atoms with Crippen LogP contribution in [0.3, 0.4) is 0 Å². The van der Waals surface area contributed by atoms with Crippen molar-refractivity contribution in [2.75, 3.05) is 33.6 Å². The first-order valence-corrected chi connectivity index (χ1v) is 6.68. The summed E-state index contributed by atoms with van der Waals surface area (Å²) < 4.78 is 0. The van der Waals surface area contributed by atoms with Gasteiger partial charge in [-0.05, 0) is 20.4 Å². The van der Waals surface area contributed by atoms with Crippen molar-refractivity contribution in [1.82, 2.24) is 15.2 Å². The average molecular weight is 231 g/mol. The lowest BCUT2D eigenvalue weighted by Gasteiger charge is -2.15. The van der Waals surface area contributed by atoms with E-state index in [-0.39, 0.29) is 0 Å². The van der Waals surface area contributed by atoms with Gasteiger partial charge in [0.1, 0.15) is 5.01 Å². The summed E-state index contributed by atoms with van der Waals surface area (Å²) in [6.45, 7) is 1.90. The second kappa shape index (κ2) is 6.40. The van der Waals surface area contributed by atoms with Crippen molar-refractivity contribution >= 4 is 23.1 Å². The van der Waals surface area contributed by atoms with Gasteiger partial charge in [0, 0.05) is 24.8 Å². The zero-order valence-electron chi connectivity index (χ0n) is 8.86. The van der Waals surface area contributed by atoms with Crippen molar-refractivity contribution in [2.24, 2.45) is 0 Å². The molecular weight excluding hydrogens is 214 g/mol. The Morgan fingerprint density at radius 1 is 1.64 bits per heavy atom. The Hall–Kier alpha value is -0.100. The maximum atomic E-state index is 4.33. The van der Waals surface area contributed by atoms with Gasteiger partial charge in [-0.25, -0.2) is 4.98 Å². The van der Waals surface area contributed by atoms with Gasteiger partial charge < -0.3 is 5.32 Å². The lowest BCUT2D eigenvalue weighted by molar-refractivity contribution is 0.369. The van der Waals surface area contributed by atoms with Crippen molar-refractivity contribution in [3.05, 3.63) is 16.6 Å². The molecule has 0 aliphatic rings. The molecule has 0 amide bonds. The van der Waals surface area contributed by atoms with Crippen LogP contribution in [0.15, 0.2) is 11.6 Å². The molecule has 0 aromatic carbocycles. The minimum atomic E-state index is 0.481. The highest BCUT2D eigenvalue weighted by atomic mass is 32.2. The second-order valence-electron chi connectivity index (χ2n) is 3.29. The number of thioether (sulfide) groups is 1. The summed E-state index contributed by atoms with van der Waals surface area (Å²) >= 11 is 3.58. The molecule has 1 unspecified atom stereocenters. The monoisotopic (exact) mass is 231 g/mol. The van der Waals surface area contributed by atoms with Crippen LogP contribution in [0.1, 0.15) is 10.3 Å². The van der Waals surface area contributed by atoms with Crippen molar-refractivity contribution < 1.29 is 0 Å². The first-order chi connectivity index (χ1) is 6.74. The predicted octanol–water partition coefficient (Wildman–Crippen LogP) is 1.66. The third-order valence-corrected chi connectivity index (χ3v) is 3.77. The molecule has 0 bridgehead atoms. The molecule has 14 heavy (non-hydrogen) atoms. The van der Waals surface area contributed by atoms with Gasteiger partial charge in [-0.2, -0.15) is 11.8 Å². The molecule has 0 radical (unpaired) electrons. The highest BCUT2D eigenvalue weighted by Gasteiger charge is 2.11. The molecule has 1 rings (SSSR count). The normalized spacial score (nSPS) is 13.4. The third-order valence-electron chi connectivity index (χ3n) is 1.77. The fourth-order valence-electron chi connectivity index (χ4n) is 1.08. The summed E-state index contributed by atoms with van der Waals surface area (Å²) in [5.74, 6) is 0. The Morgan fingerprint density at radius 2 is 2.43 bits per heavy atom. The van der Waals surface area contributed by atoms with E-state index in [9.17, 15) is 0 Å². The van der Waals surface area contributed by atoms with Gasteiger partial charge in [-0.1, -0.05) is 0 Å². The molecule has 0 aliphatic carbocycles. The molecule has 0 fully saturated rings. The van der Waals surface area contributed by atoms with Crippen molar-refractivity contribution in [1.29, 1.82) is 0 Å². The van der Waals surface area contributed by atoms with E-state index >= 15 is 0 Å². The molecule has 5 heteroatoms. The SMILES string of the molecule is CSC(CNCN(C)C)c1nccs1. The molecule has 1 heterocycles. The lowest BCUT2D eigenvalue weighted by atomic mass is 10.4. The van der Waals surface area contributed by atoms with Gasteiger partial charge in [-0.15, -0.1) is 11.3 Å². The molecule has 80 valence electrons. The van der Waals surface area contributed by atoms with Gasteiger partial charge in [0.05, 0.1) is 5.25 Å². The molecule has 0 aliphatic heterocycles. The van der Waals surface area contributed by atoms with Crippen LogP contribution < -0.4 is 5.32 Å². The quantitative estimate of drug-likeness (QED) is 0.754. The zero-order chi connectivity index (χ0) is 10.4. The second-order valence-corrected chi connectivity index (χ2v) is 5.25. The standard InChI is InChI=1S/C9H17N3S2/c1-12(2)7-10-6-8(13-3)9-11-4-5-14-9/h4-5,8,10H,6-7H2,1-3H3. The van der Waals surface area contributed by atoms with E-state index in [2.05, 4.69) is 35.6 Å². The Morgan fingerprint density at radius 3 is 2.93 bits per heavy atom. The van der Waals surface area contributed by atoms with E-state index in [4.69, 9.17) is 0 Å². The Labute approximate surface area is 93.9 Å². The van der Waals surface area contributed by atoms with Crippen molar-refractivity contribution in [3.63, 3.8) is 0 Å². The Kier molecular flexibility index (Phi) is 5.47. The number of thiazole rings is 1. The maximum Gasteiger partial charge on any atom is 0.107 e. The molecule has 0 saturated heterocycles. The number of nitrogens with one attached hydrogen (secondary N) is 1. The molecule has 0 saturated carbocycles. The van der Waals surface area contributed by atoms with E-state index < -0.39 is 0 Å². The number of aromatic nitrogens is 1. The molecular formula is C9H17N3S2. The van der Waals surface area contributed by atoms with E-state index in [0.29, 0.717) is 5.25 Å². The van der Waals surface area contributed by atoms with Crippen molar-refractivity contribution in [3.8, 4) is 0 Å². The highest BCUT2D eigenvalue weighted by Crippen LogP contribution is 2.26. The van der Waals surface area contributed by atoms with E-state index in [0.717, 1.165) is 13.2 Å². The Bertz CT molecular complexity index is 236. The van der Waals surface area contributed by atoms with Crippen LogP contribution in [0.5, 0.6) is 0 Å². The van der Waals surface area contributed by atoms with Gasteiger partial charge >= 0.3 is 0 Å². The van der Waals surface area contributed by atoms with Crippen molar-refractivity contribution in [2.45, 2.75) is 5.25 Å². The van der Waals surface area contributed by atoms with Crippen LogP contribution >= 0.6 is 23.1 Å². The number of nitrogens with zero attached hydrogens (tertiary/aromatic N) is 2. The number of hydrogen-bond acceptors (Lipinski definition) is 5. The summed E-state index contributed by atoms with van der Waals surface area (Å²) in [7, 11) is 4.12. The molecule has 1 aromatic heterocycles. The highest BCUT2D eigenvalue weighted by molar-refractivity contribution is 7.99. The van der Waals surface area contributed by atoms with Gasteiger partial charge in [0.15, 0.2) is 0 Å². The molecule has 1 atom stereocenters. The Balaban J connectivity index is 2.33. The van der Waals surface area contributed by atoms with Crippen LogP contribution in [0, 0.1) is 0 Å². The van der Waals surface area contributed by atoms with Crippen LogP contribution in [-0.2, 0) is 0 Å². The van der Waals surface area contributed by atoms with Crippen LogP contribution in [0.25, 0.3) is 0 Å². The zero-order valence-corrected chi connectivity index (χ0v) is 10.5. The third kappa shape index (κ3) is 3.96. The van der Waals surface area contributed by atoms with E-state index in [1.54, 1.807) is 11.3 Å². The fourth-order valence-corrected chi connectivity index (χ4v) is 2.70. The average Bonchev–Trinajstić information content (AvgIpc) is 2.64. The minimum Gasteiger partial charge on any atom is -0.303 e. The first-order valence-electron chi connectivity index (χ1n) is 4.51. The lowest BCUT2D eigenvalue weighted by Crippen LogP contribution is -2.30. The van der Waals surface area contributed by atoms with E-state index in [1.807, 2.05) is 23.3 Å².